The van der Waals surface area contributed by atoms with Crippen LogP contribution in [0.25, 0.3) is 0 Å². The predicted molar refractivity (Wildman–Crippen MR) is 241 cm³/mol. The van der Waals surface area contributed by atoms with Crippen molar-refractivity contribution >= 4 is 50.7 Å². The fourth-order valence-corrected chi connectivity index (χ4v) is 13.8. The van der Waals surface area contributed by atoms with Gasteiger partial charge in [0.25, 0.3) is 8.32 Å². The standard InChI is InChI=1S/C48H62N4O5Si2/c1-34(2)45(43-31-44(50-56-43)51-27-24-37(33-53)25-28-51)47(55)52-32-39(57-59(48(4,5)6,40-16-12-10-13-17-40)41-18-14-11-15-19-41)30-42(52)46(54)49-35(3)38-22-20-36(21-23-38)26-29-58(7,8)9/h10-23,31,33-35,37,39,42,45H,24-25,27-28,30,32H2,1-9H3,(H,49,54)/t35-,39+,42-,45+/m0/s1. The number of hydrogen-bond acceptors (Lipinski definition) is 7. The van der Waals surface area contributed by atoms with Gasteiger partial charge in [0, 0.05) is 43.6 Å². The van der Waals surface area contributed by atoms with Crippen molar-refractivity contribution in [2.45, 2.75) is 110 Å². The number of piperidine rings is 1. The van der Waals surface area contributed by atoms with Crippen LogP contribution in [0.1, 0.15) is 89.7 Å². The Morgan fingerprint density at radius 2 is 1.51 bits per heavy atom. The van der Waals surface area contributed by atoms with Gasteiger partial charge in [0.15, 0.2) is 11.6 Å². The first-order valence-electron chi connectivity index (χ1n) is 21.2. The van der Waals surface area contributed by atoms with Crippen molar-refractivity contribution < 1.29 is 23.3 Å². The maximum atomic E-state index is 15.1. The number of carbonyl (C=O) groups excluding carboxylic acids is 3. The van der Waals surface area contributed by atoms with E-state index in [0.29, 0.717) is 31.1 Å². The Morgan fingerprint density at radius 1 is 0.915 bits per heavy atom. The average molecular weight is 831 g/mol. The maximum Gasteiger partial charge on any atom is 0.261 e. The number of anilines is 1. The third-order valence-corrected chi connectivity index (χ3v) is 17.7. The highest BCUT2D eigenvalue weighted by Gasteiger charge is 2.54. The number of rotatable bonds is 12. The summed E-state index contributed by atoms with van der Waals surface area (Å²) in [6.45, 7) is 21.0. The minimum absolute atomic E-state index is 0.0519. The molecule has 2 aliphatic heterocycles. The molecule has 312 valence electrons. The Morgan fingerprint density at radius 3 is 2.03 bits per heavy atom. The molecular formula is C48H62N4O5Si2. The Bertz CT molecular complexity index is 2070. The van der Waals surface area contributed by atoms with Crippen LogP contribution < -0.4 is 20.6 Å². The van der Waals surface area contributed by atoms with Crippen LogP contribution >= 0.6 is 0 Å². The van der Waals surface area contributed by atoms with E-state index in [9.17, 15) is 9.59 Å². The second-order valence-corrected chi connectivity index (χ2v) is 27.8. The monoisotopic (exact) mass is 830 g/mol. The predicted octanol–water partition coefficient (Wildman–Crippen LogP) is 7.48. The Labute approximate surface area is 353 Å². The molecule has 4 aromatic rings. The summed E-state index contributed by atoms with van der Waals surface area (Å²) in [6, 6.07) is 29.8. The third-order valence-electron chi connectivity index (χ3n) is 11.8. The molecule has 1 aromatic heterocycles. The van der Waals surface area contributed by atoms with Crippen molar-refractivity contribution in [3.05, 3.63) is 108 Å². The number of likely N-dealkylation sites (tertiary alicyclic amines) is 1. The van der Waals surface area contributed by atoms with E-state index in [-0.39, 0.29) is 41.3 Å². The lowest BCUT2D eigenvalue weighted by Crippen LogP contribution is -2.67. The SMILES string of the molecule is CC(C)[C@@H](C(=O)N1C[C@H](O[Si](c2ccccc2)(c2ccccc2)C(C)(C)C)C[C@H]1C(=O)N[C@@H](C)c1ccc(C#C[Si](C)(C)C)cc1)c1cc(N2CCC(C=O)CC2)no1. The molecule has 0 saturated carbocycles. The van der Waals surface area contributed by atoms with Crippen LogP contribution in [0.5, 0.6) is 0 Å². The second-order valence-electron chi connectivity index (χ2n) is 18.8. The molecular weight excluding hydrogens is 769 g/mol. The van der Waals surface area contributed by atoms with E-state index < -0.39 is 34.5 Å². The van der Waals surface area contributed by atoms with Crippen LogP contribution in [-0.4, -0.2) is 76.3 Å². The summed E-state index contributed by atoms with van der Waals surface area (Å²) in [7, 11) is -4.55. The van der Waals surface area contributed by atoms with Crippen molar-refractivity contribution in [3.63, 3.8) is 0 Å². The number of hydrogen-bond donors (Lipinski definition) is 1. The van der Waals surface area contributed by atoms with E-state index in [2.05, 4.69) is 116 Å². The lowest BCUT2D eigenvalue weighted by atomic mass is 9.91. The molecule has 11 heteroatoms. The quantitative estimate of drug-likeness (QED) is 0.0898. The normalized spacial score (nSPS) is 18.9. The van der Waals surface area contributed by atoms with E-state index in [4.69, 9.17) is 8.95 Å². The lowest BCUT2D eigenvalue weighted by molar-refractivity contribution is -0.141. The van der Waals surface area contributed by atoms with Gasteiger partial charge in [-0.2, -0.15) is 0 Å². The summed E-state index contributed by atoms with van der Waals surface area (Å²) in [5.41, 5.74) is 5.33. The largest absolute Gasteiger partial charge is 0.403 e. The lowest BCUT2D eigenvalue weighted by Gasteiger charge is -2.44. The minimum Gasteiger partial charge on any atom is -0.403 e. The molecule has 9 nitrogen and oxygen atoms in total. The molecule has 0 spiro atoms. The van der Waals surface area contributed by atoms with E-state index in [1.165, 1.54) is 0 Å². The van der Waals surface area contributed by atoms with Gasteiger partial charge >= 0.3 is 0 Å². The minimum atomic E-state index is -3.02. The first-order chi connectivity index (χ1) is 28.0. The van der Waals surface area contributed by atoms with Crippen molar-refractivity contribution in [2.24, 2.45) is 11.8 Å². The molecule has 1 N–H and O–H groups in total. The van der Waals surface area contributed by atoms with Gasteiger partial charge in [-0.05, 0) is 58.8 Å². The molecule has 0 aliphatic carbocycles. The Balaban J connectivity index is 1.33. The Kier molecular flexibility index (Phi) is 13.5. The fraction of sp³-hybridized carbons (Fsp3) is 0.458. The molecule has 0 bridgehead atoms. The van der Waals surface area contributed by atoms with Gasteiger partial charge in [0.1, 0.15) is 26.3 Å². The number of benzene rings is 3. The van der Waals surface area contributed by atoms with Crippen LogP contribution in [0.2, 0.25) is 24.7 Å². The summed E-state index contributed by atoms with van der Waals surface area (Å²) >= 11 is 0. The van der Waals surface area contributed by atoms with Crippen molar-refractivity contribution in [3.8, 4) is 11.5 Å². The van der Waals surface area contributed by atoms with E-state index in [1.807, 2.05) is 63.2 Å². The summed E-state index contributed by atoms with van der Waals surface area (Å²) in [5.74, 6) is 3.27. The van der Waals surface area contributed by atoms with E-state index in [1.54, 1.807) is 4.90 Å². The molecule has 0 radical (unpaired) electrons. The zero-order chi connectivity index (χ0) is 42.5. The van der Waals surface area contributed by atoms with Gasteiger partial charge < -0.3 is 28.9 Å². The first kappa shape index (κ1) is 43.8. The zero-order valence-electron chi connectivity index (χ0n) is 36.3. The highest BCUT2D eigenvalue weighted by molar-refractivity contribution is 6.99. The number of aromatic nitrogens is 1. The molecule has 2 saturated heterocycles. The molecule has 3 aromatic carbocycles. The molecule has 4 atom stereocenters. The average Bonchev–Trinajstić information content (AvgIpc) is 3.87. The summed E-state index contributed by atoms with van der Waals surface area (Å²) < 4.78 is 13.5. The van der Waals surface area contributed by atoms with Crippen LogP contribution in [0.4, 0.5) is 5.82 Å². The van der Waals surface area contributed by atoms with Crippen molar-refractivity contribution in [1.82, 2.24) is 15.4 Å². The van der Waals surface area contributed by atoms with E-state index >= 15 is 4.79 Å². The number of carbonyl (C=O) groups is 3. The van der Waals surface area contributed by atoms with Gasteiger partial charge in [0.05, 0.1) is 12.1 Å². The fourth-order valence-electron chi connectivity index (χ4n) is 8.58. The number of aldehydes is 1. The molecule has 6 rings (SSSR count). The van der Waals surface area contributed by atoms with Gasteiger partial charge in [-0.25, -0.2) is 0 Å². The van der Waals surface area contributed by atoms with E-state index in [0.717, 1.165) is 40.6 Å². The maximum absolute atomic E-state index is 15.1. The highest BCUT2D eigenvalue weighted by atomic mass is 28.4. The molecule has 3 heterocycles. The molecule has 2 aliphatic rings. The van der Waals surface area contributed by atoms with Crippen LogP contribution in [-0.2, 0) is 18.8 Å². The number of nitrogens with one attached hydrogen (secondary N) is 1. The van der Waals surface area contributed by atoms with Crippen LogP contribution in [0.3, 0.4) is 0 Å². The summed E-state index contributed by atoms with van der Waals surface area (Å²) in [4.78, 5) is 45.0. The van der Waals surface area contributed by atoms with Gasteiger partial charge in [-0.1, -0.05) is 138 Å². The zero-order valence-corrected chi connectivity index (χ0v) is 38.3. The van der Waals surface area contributed by atoms with Gasteiger partial charge in [-0.15, -0.1) is 5.54 Å². The smallest absolute Gasteiger partial charge is 0.261 e. The summed E-state index contributed by atoms with van der Waals surface area (Å²) in [5, 5.41) is 9.66. The molecule has 59 heavy (non-hydrogen) atoms. The third kappa shape index (κ3) is 10.00. The highest BCUT2D eigenvalue weighted by Crippen LogP contribution is 2.40. The molecule has 0 unspecified atom stereocenters. The second kappa shape index (κ2) is 18.2. The van der Waals surface area contributed by atoms with Gasteiger partial charge in [-0.3, -0.25) is 9.59 Å². The van der Waals surface area contributed by atoms with Crippen molar-refractivity contribution in [1.29, 1.82) is 0 Å². The Hall–Kier alpha value is -4.77. The number of amides is 2. The van der Waals surface area contributed by atoms with Crippen molar-refractivity contribution in [2.75, 3.05) is 24.5 Å². The molecule has 2 amide bonds. The van der Waals surface area contributed by atoms with Gasteiger partial charge in [0.2, 0.25) is 11.8 Å². The van der Waals surface area contributed by atoms with Crippen LogP contribution in [0.15, 0.2) is 95.5 Å². The molecule has 2 fully saturated rings. The first-order valence-corrected chi connectivity index (χ1v) is 26.6. The topological polar surface area (TPSA) is 105 Å². The van der Waals surface area contributed by atoms with Crippen LogP contribution in [0, 0.1) is 23.3 Å². The number of nitrogens with zero attached hydrogens (tertiary/aromatic N) is 3. The summed E-state index contributed by atoms with van der Waals surface area (Å²) in [6.07, 6.45) is 2.47.